The molecule has 0 aliphatic carbocycles. The Labute approximate surface area is 189 Å². The van der Waals surface area contributed by atoms with E-state index < -0.39 is 0 Å². The highest BCUT2D eigenvalue weighted by Crippen LogP contribution is 2.34. The summed E-state index contributed by atoms with van der Waals surface area (Å²) >= 11 is 0. The van der Waals surface area contributed by atoms with Crippen LogP contribution < -0.4 is 9.47 Å². The van der Waals surface area contributed by atoms with Crippen LogP contribution in [0.3, 0.4) is 0 Å². The maximum atomic E-state index is 13.5. The quantitative estimate of drug-likeness (QED) is 0.340. The van der Waals surface area contributed by atoms with Gasteiger partial charge in [0.1, 0.15) is 18.1 Å². The van der Waals surface area contributed by atoms with Gasteiger partial charge in [0.25, 0.3) is 0 Å². The summed E-state index contributed by atoms with van der Waals surface area (Å²) in [5, 5.41) is 2.14. The molecule has 0 saturated heterocycles. The van der Waals surface area contributed by atoms with Gasteiger partial charge in [-0.2, -0.15) is 0 Å². The summed E-state index contributed by atoms with van der Waals surface area (Å²) in [4.78, 5) is 15.6. The predicted octanol–water partition coefficient (Wildman–Crippen LogP) is 5.69. The predicted molar refractivity (Wildman–Crippen MR) is 130 cm³/mol. The zero-order chi connectivity index (χ0) is 22.5. The average Bonchev–Trinajstić information content (AvgIpc) is 2.83. The van der Waals surface area contributed by atoms with Crippen LogP contribution in [0.1, 0.15) is 15.9 Å². The van der Waals surface area contributed by atoms with E-state index >= 15 is 0 Å². The van der Waals surface area contributed by atoms with Gasteiger partial charge in [-0.3, -0.25) is 4.79 Å². The molecule has 0 bridgehead atoms. The molecule has 32 heavy (non-hydrogen) atoms. The Bertz CT molecular complexity index is 1230. The molecule has 4 nitrogen and oxygen atoms in total. The minimum atomic E-state index is -0.0315. The van der Waals surface area contributed by atoms with Gasteiger partial charge in [-0.05, 0) is 60.8 Å². The van der Waals surface area contributed by atoms with Crippen LogP contribution in [0.15, 0.2) is 84.9 Å². The highest BCUT2D eigenvalue weighted by atomic mass is 16.5. The fraction of sp³-hybridized carbons (Fsp3) is 0.179. The number of methoxy groups -OCH3 is 1. The molecule has 0 atom stereocenters. The molecule has 162 valence electrons. The minimum absolute atomic E-state index is 0.0315. The highest BCUT2D eigenvalue weighted by molar-refractivity contribution is 6.17. The van der Waals surface area contributed by atoms with Crippen LogP contribution in [0.25, 0.3) is 21.9 Å². The first-order chi connectivity index (χ1) is 15.6. The van der Waals surface area contributed by atoms with Gasteiger partial charge in [-0.25, -0.2) is 0 Å². The normalized spacial score (nSPS) is 11.0. The van der Waals surface area contributed by atoms with Crippen molar-refractivity contribution in [3.05, 3.63) is 96.1 Å². The Morgan fingerprint density at radius 1 is 0.844 bits per heavy atom. The van der Waals surface area contributed by atoms with E-state index in [0.717, 1.165) is 34.2 Å². The third kappa shape index (κ3) is 4.66. The Kier molecular flexibility index (Phi) is 6.52. The van der Waals surface area contributed by atoms with E-state index in [-0.39, 0.29) is 5.78 Å². The minimum Gasteiger partial charge on any atom is -0.497 e. The van der Waals surface area contributed by atoms with E-state index in [0.29, 0.717) is 23.5 Å². The molecule has 0 fully saturated rings. The van der Waals surface area contributed by atoms with Gasteiger partial charge in [0.15, 0.2) is 5.78 Å². The summed E-state index contributed by atoms with van der Waals surface area (Å²) in [6.45, 7) is 1.48. The fourth-order valence-electron chi connectivity index (χ4n) is 3.76. The van der Waals surface area contributed by atoms with Crippen LogP contribution in [0.2, 0.25) is 0 Å². The molecule has 0 saturated carbocycles. The lowest BCUT2D eigenvalue weighted by molar-refractivity contribution is 0.103. The van der Waals surface area contributed by atoms with Crippen molar-refractivity contribution in [2.75, 3.05) is 34.4 Å². The Morgan fingerprint density at radius 3 is 2.38 bits per heavy atom. The number of hydrogen-bond acceptors (Lipinski definition) is 4. The van der Waals surface area contributed by atoms with Crippen LogP contribution in [-0.4, -0.2) is 45.0 Å². The van der Waals surface area contributed by atoms with Crippen molar-refractivity contribution < 1.29 is 14.3 Å². The summed E-state index contributed by atoms with van der Waals surface area (Å²) in [5.41, 5.74) is 3.17. The topological polar surface area (TPSA) is 38.8 Å². The van der Waals surface area contributed by atoms with Gasteiger partial charge in [0.2, 0.25) is 0 Å². The van der Waals surface area contributed by atoms with E-state index in [1.165, 1.54) is 0 Å². The lowest BCUT2D eigenvalue weighted by Crippen LogP contribution is -2.19. The van der Waals surface area contributed by atoms with Crippen LogP contribution in [0.5, 0.6) is 11.5 Å². The maximum Gasteiger partial charge on any atom is 0.193 e. The van der Waals surface area contributed by atoms with Crippen molar-refractivity contribution in [2.24, 2.45) is 0 Å². The molecule has 0 aromatic heterocycles. The van der Waals surface area contributed by atoms with E-state index in [4.69, 9.17) is 9.47 Å². The smallest absolute Gasteiger partial charge is 0.193 e. The molecule has 4 aromatic carbocycles. The Morgan fingerprint density at radius 2 is 1.62 bits per heavy atom. The van der Waals surface area contributed by atoms with E-state index in [1.807, 2.05) is 80.8 Å². The number of carbonyl (C=O) groups is 1. The molecule has 0 spiro atoms. The summed E-state index contributed by atoms with van der Waals surface area (Å²) in [6.07, 6.45) is 0. The number of rotatable bonds is 8. The van der Waals surface area contributed by atoms with Gasteiger partial charge in [-0.15, -0.1) is 0 Å². The number of nitrogens with zero attached hydrogens (tertiary/aromatic N) is 1. The second-order valence-corrected chi connectivity index (χ2v) is 7.95. The molecule has 4 rings (SSSR count). The first kappa shape index (κ1) is 21.6. The second kappa shape index (κ2) is 9.67. The van der Waals surface area contributed by atoms with Gasteiger partial charge in [0.05, 0.1) is 7.11 Å². The van der Waals surface area contributed by atoms with Crippen molar-refractivity contribution in [3.63, 3.8) is 0 Å². The SMILES string of the molecule is COc1cccc(C(=O)c2ccc3ccccc3c2-c2ccc(OCCN(C)C)cc2)c1. The first-order valence-electron chi connectivity index (χ1n) is 10.7. The van der Waals surface area contributed by atoms with Crippen molar-refractivity contribution in [2.45, 2.75) is 0 Å². The molecule has 0 N–H and O–H groups in total. The van der Waals surface area contributed by atoms with E-state index in [9.17, 15) is 4.79 Å². The van der Waals surface area contributed by atoms with Crippen molar-refractivity contribution in [1.82, 2.24) is 4.90 Å². The Hall–Kier alpha value is -3.63. The van der Waals surface area contributed by atoms with Gasteiger partial charge in [-0.1, -0.05) is 54.6 Å². The fourth-order valence-corrected chi connectivity index (χ4v) is 3.76. The third-order valence-electron chi connectivity index (χ3n) is 5.46. The van der Waals surface area contributed by atoms with Crippen LogP contribution in [-0.2, 0) is 0 Å². The maximum absolute atomic E-state index is 13.5. The van der Waals surface area contributed by atoms with Crippen LogP contribution in [0.4, 0.5) is 0 Å². The number of ether oxygens (including phenoxy) is 2. The Balaban J connectivity index is 1.76. The van der Waals surface area contributed by atoms with Gasteiger partial charge in [0, 0.05) is 23.2 Å². The third-order valence-corrected chi connectivity index (χ3v) is 5.46. The summed E-state index contributed by atoms with van der Waals surface area (Å²) in [6, 6.07) is 27.3. The van der Waals surface area contributed by atoms with Crippen LogP contribution in [0, 0.1) is 0 Å². The molecule has 0 heterocycles. The number of fused-ring (bicyclic) bond motifs is 1. The lowest BCUT2D eigenvalue weighted by Gasteiger charge is -2.15. The largest absolute Gasteiger partial charge is 0.497 e. The average molecular weight is 426 g/mol. The highest BCUT2D eigenvalue weighted by Gasteiger charge is 2.18. The zero-order valence-electron chi connectivity index (χ0n) is 18.7. The molecule has 0 unspecified atom stereocenters. The number of benzene rings is 4. The number of likely N-dealkylation sites (N-methyl/N-ethyl adjacent to an activating group) is 1. The zero-order valence-corrected chi connectivity index (χ0v) is 18.7. The monoisotopic (exact) mass is 425 g/mol. The molecular weight excluding hydrogens is 398 g/mol. The van der Waals surface area contributed by atoms with Crippen molar-refractivity contribution in [1.29, 1.82) is 0 Å². The number of carbonyl (C=O) groups excluding carboxylic acids is 1. The molecule has 0 amide bonds. The second-order valence-electron chi connectivity index (χ2n) is 7.95. The molecule has 4 heteroatoms. The molecule has 4 aromatic rings. The molecular formula is C28H27NO3. The first-order valence-corrected chi connectivity index (χ1v) is 10.7. The summed E-state index contributed by atoms with van der Waals surface area (Å²) < 4.78 is 11.2. The summed E-state index contributed by atoms with van der Waals surface area (Å²) in [7, 11) is 5.65. The van der Waals surface area contributed by atoms with Crippen molar-refractivity contribution >= 4 is 16.6 Å². The van der Waals surface area contributed by atoms with Gasteiger partial charge < -0.3 is 14.4 Å². The number of ketones is 1. The van der Waals surface area contributed by atoms with Gasteiger partial charge >= 0.3 is 0 Å². The summed E-state index contributed by atoms with van der Waals surface area (Å²) in [5.74, 6) is 1.45. The standard InChI is InChI=1S/C28H27NO3/c1-29(2)17-18-32-23-14-11-21(12-15-23)27-25-10-5-4-7-20(25)13-16-26(27)28(30)22-8-6-9-24(19-22)31-3/h4-16,19H,17-18H2,1-3H3. The molecule has 0 radical (unpaired) electrons. The molecule has 0 aliphatic heterocycles. The van der Waals surface area contributed by atoms with Crippen molar-refractivity contribution in [3.8, 4) is 22.6 Å². The molecule has 0 aliphatic rings. The lowest BCUT2D eigenvalue weighted by atomic mass is 9.89. The van der Waals surface area contributed by atoms with E-state index in [1.54, 1.807) is 13.2 Å². The number of hydrogen-bond donors (Lipinski definition) is 0. The van der Waals surface area contributed by atoms with E-state index in [2.05, 4.69) is 17.0 Å². The van der Waals surface area contributed by atoms with Crippen LogP contribution >= 0.6 is 0 Å².